The van der Waals surface area contributed by atoms with Crippen LogP contribution in [0.5, 0.6) is 5.75 Å². The third-order valence-electron chi connectivity index (χ3n) is 1.40. The minimum atomic E-state index is -4.68. The molecule has 0 saturated carbocycles. The fourth-order valence-electron chi connectivity index (χ4n) is 0.817. The number of carbonyl (C=O) groups is 1. The Kier molecular flexibility index (Phi) is 3.13. The van der Waals surface area contributed by atoms with Crippen molar-refractivity contribution in [1.82, 2.24) is 4.98 Å². The Morgan fingerprint density at radius 2 is 2.13 bits per heavy atom. The van der Waals surface area contributed by atoms with Gasteiger partial charge in [-0.05, 0) is 12.1 Å². The van der Waals surface area contributed by atoms with Gasteiger partial charge in [-0.2, -0.15) is 13.2 Å². The Morgan fingerprint density at radius 1 is 1.47 bits per heavy atom. The van der Waals surface area contributed by atoms with Crippen molar-refractivity contribution < 1.29 is 27.4 Å². The number of aromatic nitrogens is 1. The van der Waals surface area contributed by atoms with E-state index in [0.29, 0.717) is 0 Å². The maximum atomic E-state index is 12.3. The molecular formula is C8H6F3NO3. The first-order valence-electron chi connectivity index (χ1n) is 3.73. The minimum Gasteiger partial charge on any atom is -0.437 e. The molecule has 0 spiro atoms. The molecule has 0 aliphatic rings. The van der Waals surface area contributed by atoms with Gasteiger partial charge < -0.3 is 9.47 Å². The van der Waals surface area contributed by atoms with Gasteiger partial charge in [0.15, 0.2) is 11.4 Å². The summed E-state index contributed by atoms with van der Waals surface area (Å²) in [7, 11) is 0.992. The molecule has 0 bridgehead atoms. The second-order valence-electron chi connectivity index (χ2n) is 2.40. The molecule has 4 nitrogen and oxygen atoms in total. The van der Waals surface area contributed by atoms with Gasteiger partial charge in [0.2, 0.25) is 0 Å². The van der Waals surface area contributed by atoms with Gasteiger partial charge in [-0.3, -0.25) is 0 Å². The number of ether oxygens (including phenoxy) is 2. The van der Waals surface area contributed by atoms with Crippen molar-refractivity contribution in [2.24, 2.45) is 0 Å². The van der Waals surface area contributed by atoms with Gasteiger partial charge in [-0.1, -0.05) is 0 Å². The van der Waals surface area contributed by atoms with Gasteiger partial charge in [-0.15, -0.1) is 0 Å². The average molecular weight is 221 g/mol. The summed E-state index contributed by atoms with van der Waals surface area (Å²) < 4.78 is 45.3. The second kappa shape index (κ2) is 4.16. The van der Waals surface area contributed by atoms with Crippen LogP contribution in [0.3, 0.4) is 0 Å². The van der Waals surface area contributed by atoms with Crippen molar-refractivity contribution >= 4 is 6.16 Å². The normalized spacial score (nSPS) is 10.9. The van der Waals surface area contributed by atoms with Crippen LogP contribution in [0, 0.1) is 0 Å². The summed E-state index contributed by atoms with van der Waals surface area (Å²) in [4.78, 5) is 13.7. The quantitative estimate of drug-likeness (QED) is 0.682. The molecular weight excluding hydrogens is 215 g/mol. The molecule has 15 heavy (non-hydrogen) atoms. The molecule has 1 aromatic rings. The first-order chi connectivity index (χ1) is 6.95. The molecule has 0 amide bonds. The average Bonchev–Trinajstić information content (AvgIpc) is 2.17. The Hall–Kier alpha value is -1.79. The monoisotopic (exact) mass is 221 g/mol. The molecule has 7 heteroatoms. The van der Waals surface area contributed by atoms with E-state index >= 15 is 0 Å². The molecule has 82 valence electrons. The lowest BCUT2D eigenvalue weighted by molar-refractivity contribution is -0.142. The van der Waals surface area contributed by atoms with Crippen LogP contribution in [-0.4, -0.2) is 18.2 Å². The van der Waals surface area contributed by atoms with E-state index in [2.05, 4.69) is 14.5 Å². The number of hydrogen-bond donors (Lipinski definition) is 0. The van der Waals surface area contributed by atoms with Gasteiger partial charge in [0.05, 0.1) is 7.11 Å². The number of hydrogen-bond acceptors (Lipinski definition) is 4. The van der Waals surface area contributed by atoms with E-state index < -0.39 is 23.8 Å². The zero-order valence-corrected chi connectivity index (χ0v) is 7.54. The van der Waals surface area contributed by atoms with Crippen molar-refractivity contribution in [1.29, 1.82) is 0 Å². The Balaban J connectivity index is 3.02. The Morgan fingerprint density at radius 3 is 2.67 bits per heavy atom. The van der Waals surface area contributed by atoms with Crippen molar-refractivity contribution in [2.45, 2.75) is 6.18 Å². The Bertz CT molecular complexity index is 364. The molecule has 0 aromatic carbocycles. The van der Waals surface area contributed by atoms with E-state index in [0.717, 1.165) is 19.4 Å². The van der Waals surface area contributed by atoms with Crippen LogP contribution in [0.15, 0.2) is 18.3 Å². The van der Waals surface area contributed by atoms with Crippen molar-refractivity contribution in [3.05, 3.63) is 24.0 Å². The maximum absolute atomic E-state index is 12.3. The summed E-state index contributed by atoms with van der Waals surface area (Å²) in [5, 5.41) is 0. The molecule has 1 heterocycles. The maximum Gasteiger partial charge on any atom is 0.513 e. The van der Waals surface area contributed by atoms with Crippen LogP contribution in [-0.2, 0) is 10.9 Å². The zero-order chi connectivity index (χ0) is 11.5. The fraction of sp³-hybridized carbons (Fsp3) is 0.250. The summed E-state index contributed by atoms with van der Waals surface area (Å²) in [6.45, 7) is 0. The van der Waals surface area contributed by atoms with E-state index in [-0.39, 0.29) is 0 Å². The lowest BCUT2D eigenvalue weighted by atomic mass is 10.3. The van der Waals surface area contributed by atoms with Crippen molar-refractivity contribution in [2.75, 3.05) is 7.11 Å². The van der Waals surface area contributed by atoms with Crippen LogP contribution in [0.2, 0.25) is 0 Å². The highest BCUT2D eigenvalue weighted by molar-refractivity contribution is 5.64. The summed E-state index contributed by atoms with van der Waals surface area (Å²) in [5.41, 5.74) is -1.27. The van der Waals surface area contributed by atoms with Gasteiger partial charge >= 0.3 is 12.3 Å². The number of methoxy groups -OCH3 is 1. The topological polar surface area (TPSA) is 48.4 Å². The zero-order valence-electron chi connectivity index (χ0n) is 7.54. The van der Waals surface area contributed by atoms with E-state index in [4.69, 9.17) is 0 Å². The smallest absolute Gasteiger partial charge is 0.437 e. The summed E-state index contributed by atoms with van der Waals surface area (Å²) in [6, 6.07) is 2.19. The highest BCUT2D eigenvalue weighted by Gasteiger charge is 2.36. The number of halogens is 3. The number of nitrogens with zero attached hydrogens (tertiary/aromatic N) is 1. The van der Waals surface area contributed by atoms with E-state index in [1.807, 2.05) is 0 Å². The summed E-state index contributed by atoms with van der Waals surface area (Å²) >= 11 is 0. The van der Waals surface area contributed by atoms with Gasteiger partial charge in [0.1, 0.15) is 0 Å². The molecule has 0 radical (unpaired) electrons. The molecule has 1 aromatic heterocycles. The SMILES string of the molecule is COC(=O)Oc1cccnc1C(F)(F)F. The first-order valence-corrected chi connectivity index (χ1v) is 3.73. The van der Waals surface area contributed by atoms with Crippen molar-refractivity contribution in [3.63, 3.8) is 0 Å². The minimum absolute atomic E-state index is 0.683. The summed E-state index contributed by atoms with van der Waals surface area (Å²) in [5.74, 6) is -0.683. The lowest BCUT2D eigenvalue weighted by Crippen LogP contribution is -2.14. The van der Waals surface area contributed by atoms with Gasteiger partial charge in [-0.25, -0.2) is 9.78 Å². The van der Waals surface area contributed by atoms with Gasteiger partial charge in [0.25, 0.3) is 0 Å². The molecule has 0 N–H and O–H groups in total. The number of alkyl halides is 3. The highest BCUT2D eigenvalue weighted by Crippen LogP contribution is 2.34. The molecule has 0 aliphatic heterocycles. The van der Waals surface area contributed by atoms with Crippen LogP contribution in [0.1, 0.15) is 5.69 Å². The Labute approximate surface area is 82.6 Å². The van der Waals surface area contributed by atoms with E-state index in [1.165, 1.54) is 6.07 Å². The van der Waals surface area contributed by atoms with Crippen LogP contribution < -0.4 is 4.74 Å². The fourth-order valence-corrected chi connectivity index (χ4v) is 0.817. The number of carbonyl (C=O) groups excluding carboxylic acids is 1. The molecule has 0 fully saturated rings. The predicted octanol–water partition coefficient (Wildman–Crippen LogP) is 2.25. The van der Waals surface area contributed by atoms with Crippen molar-refractivity contribution in [3.8, 4) is 5.75 Å². The van der Waals surface area contributed by atoms with Crippen LogP contribution >= 0.6 is 0 Å². The molecule has 0 saturated heterocycles. The third kappa shape index (κ3) is 2.83. The molecule has 0 atom stereocenters. The van der Waals surface area contributed by atoms with E-state index in [9.17, 15) is 18.0 Å². The largest absolute Gasteiger partial charge is 0.513 e. The molecule has 1 rings (SSSR count). The molecule has 0 unspecified atom stereocenters. The van der Waals surface area contributed by atoms with Crippen LogP contribution in [0.4, 0.5) is 18.0 Å². The predicted molar refractivity (Wildman–Crippen MR) is 42.3 cm³/mol. The number of rotatable bonds is 1. The molecule has 0 aliphatic carbocycles. The standard InChI is InChI=1S/C8H6F3NO3/c1-14-7(13)15-5-3-2-4-12-6(5)8(9,10)11/h2-4H,1H3. The third-order valence-corrected chi connectivity index (χ3v) is 1.40. The summed E-state index contributed by atoms with van der Waals surface area (Å²) in [6.07, 6.45) is -4.95. The first kappa shape index (κ1) is 11.3. The lowest BCUT2D eigenvalue weighted by Gasteiger charge is -2.09. The van der Waals surface area contributed by atoms with Gasteiger partial charge in [0, 0.05) is 6.20 Å². The highest BCUT2D eigenvalue weighted by atomic mass is 19.4. The second-order valence-corrected chi connectivity index (χ2v) is 2.40. The van der Waals surface area contributed by atoms with Crippen LogP contribution in [0.25, 0.3) is 0 Å². The van der Waals surface area contributed by atoms with E-state index in [1.54, 1.807) is 0 Å². The number of pyridine rings is 1.